The lowest BCUT2D eigenvalue weighted by Crippen LogP contribution is -2.44. The lowest BCUT2D eigenvalue weighted by atomic mass is 9.97. The molecule has 1 aliphatic heterocycles. The average molecular weight is 397 g/mol. The molecule has 0 spiro atoms. The largest absolute Gasteiger partial charge is 0.496 e. The molecule has 1 aliphatic rings. The third-order valence-corrected chi connectivity index (χ3v) is 6.33. The zero-order valence-corrected chi connectivity index (χ0v) is 17.6. The van der Waals surface area contributed by atoms with Crippen molar-refractivity contribution < 1.29 is 17.9 Å². The lowest BCUT2D eigenvalue weighted by molar-refractivity contribution is 0.0673. The van der Waals surface area contributed by atoms with Gasteiger partial charge in [0.1, 0.15) is 5.75 Å². The molecule has 6 nitrogen and oxygen atoms in total. The van der Waals surface area contributed by atoms with Gasteiger partial charge in [0.05, 0.1) is 18.4 Å². The minimum absolute atomic E-state index is 0.0529. The van der Waals surface area contributed by atoms with Crippen molar-refractivity contribution in [1.82, 2.24) is 9.62 Å². The summed E-state index contributed by atoms with van der Waals surface area (Å²) in [5.41, 5.74) is 1.57. The quantitative estimate of drug-likeness (QED) is 0.733. The fourth-order valence-corrected chi connectivity index (χ4v) is 4.70. The molecule has 2 rings (SSSR count). The zero-order valence-electron chi connectivity index (χ0n) is 16.8. The fraction of sp³-hybridized carbons (Fsp3) is 0.650. The van der Waals surface area contributed by atoms with Crippen LogP contribution in [0.25, 0.3) is 0 Å². The van der Waals surface area contributed by atoms with E-state index >= 15 is 0 Å². The van der Waals surface area contributed by atoms with Crippen LogP contribution in [0.4, 0.5) is 0 Å². The summed E-state index contributed by atoms with van der Waals surface area (Å²) in [6, 6.07) is 5.58. The number of hydrogen-bond acceptors (Lipinski definition) is 4. The van der Waals surface area contributed by atoms with Gasteiger partial charge in [-0.1, -0.05) is 25.5 Å². The Morgan fingerprint density at radius 2 is 2.11 bits per heavy atom. The van der Waals surface area contributed by atoms with Crippen molar-refractivity contribution in [2.45, 2.75) is 40.0 Å². The first-order chi connectivity index (χ1) is 12.7. The summed E-state index contributed by atoms with van der Waals surface area (Å²) < 4.78 is 32.3. The normalized spacial score (nSPS) is 18.0. The number of sulfonamides is 1. The summed E-state index contributed by atoms with van der Waals surface area (Å²) in [5.74, 6) is 1.16. The zero-order chi connectivity index (χ0) is 20.0. The second kappa shape index (κ2) is 9.55. The van der Waals surface area contributed by atoms with Gasteiger partial charge in [-0.15, -0.1) is 0 Å². The molecule has 0 aromatic heterocycles. The van der Waals surface area contributed by atoms with Crippen molar-refractivity contribution in [1.29, 1.82) is 0 Å². The highest BCUT2D eigenvalue weighted by molar-refractivity contribution is 7.89. The minimum Gasteiger partial charge on any atom is -0.496 e. The number of carbonyl (C=O) groups is 1. The topological polar surface area (TPSA) is 75.7 Å². The summed E-state index contributed by atoms with van der Waals surface area (Å²) in [6.45, 7) is 7.60. The first-order valence-electron chi connectivity index (χ1n) is 9.63. The number of ether oxygens (including phenoxy) is 1. The Labute approximate surface area is 163 Å². The van der Waals surface area contributed by atoms with Crippen molar-refractivity contribution in [3.63, 3.8) is 0 Å². The fourth-order valence-electron chi connectivity index (χ4n) is 3.28. The Balaban J connectivity index is 1.97. The Kier molecular flexibility index (Phi) is 7.68. The molecule has 27 heavy (non-hydrogen) atoms. The Hall–Kier alpha value is -1.60. The SMILES string of the molecule is COc1ccc(C)cc1C(=O)N1CCC[C@H](CNS(=O)(=O)CCC(C)C)C1. The molecule has 0 aliphatic carbocycles. The summed E-state index contributed by atoms with van der Waals surface area (Å²) in [6.07, 6.45) is 2.44. The number of rotatable bonds is 8. The number of carbonyl (C=O) groups excluding carboxylic acids is 1. The molecule has 1 N–H and O–H groups in total. The minimum atomic E-state index is -3.26. The van der Waals surface area contributed by atoms with Gasteiger partial charge >= 0.3 is 0 Å². The predicted octanol–water partition coefficient (Wildman–Crippen LogP) is 2.82. The first kappa shape index (κ1) is 21.7. The molecule has 1 fully saturated rings. The second-order valence-electron chi connectivity index (χ2n) is 7.81. The highest BCUT2D eigenvalue weighted by Crippen LogP contribution is 2.24. The highest BCUT2D eigenvalue weighted by Gasteiger charge is 2.27. The Morgan fingerprint density at radius 3 is 2.78 bits per heavy atom. The van der Waals surface area contributed by atoms with Gasteiger partial charge in [-0.05, 0) is 50.2 Å². The van der Waals surface area contributed by atoms with Crippen molar-refractivity contribution in [3.8, 4) is 5.75 Å². The van der Waals surface area contributed by atoms with E-state index in [1.807, 2.05) is 43.9 Å². The van der Waals surface area contributed by atoms with Gasteiger partial charge in [0.15, 0.2) is 0 Å². The van der Waals surface area contributed by atoms with E-state index in [2.05, 4.69) is 4.72 Å². The number of amides is 1. The van der Waals surface area contributed by atoms with Crippen molar-refractivity contribution >= 4 is 15.9 Å². The van der Waals surface area contributed by atoms with E-state index in [1.165, 1.54) is 0 Å². The van der Waals surface area contributed by atoms with E-state index in [0.29, 0.717) is 43.3 Å². The molecule has 0 unspecified atom stereocenters. The Morgan fingerprint density at radius 1 is 1.37 bits per heavy atom. The van der Waals surface area contributed by atoms with Crippen molar-refractivity contribution in [2.75, 3.05) is 32.5 Å². The van der Waals surface area contributed by atoms with Crippen LogP contribution in [0, 0.1) is 18.8 Å². The molecular weight excluding hydrogens is 364 g/mol. The summed E-state index contributed by atoms with van der Waals surface area (Å²) >= 11 is 0. The molecule has 1 aromatic rings. The van der Waals surface area contributed by atoms with Crippen LogP contribution < -0.4 is 9.46 Å². The summed E-state index contributed by atoms with van der Waals surface area (Å²) in [4.78, 5) is 14.8. The van der Waals surface area contributed by atoms with Gasteiger partial charge in [-0.3, -0.25) is 4.79 Å². The van der Waals surface area contributed by atoms with Gasteiger partial charge in [0.2, 0.25) is 10.0 Å². The first-order valence-corrected chi connectivity index (χ1v) is 11.3. The van der Waals surface area contributed by atoms with E-state index in [4.69, 9.17) is 4.74 Å². The number of aryl methyl sites for hydroxylation is 1. The van der Waals surface area contributed by atoms with E-state index in [0.717, 1.165) is 18.4 Å². The van der Waals surface area contributed by atoms with Crippen LogP contribution in [-0.4, -0.2) is 51.7 Å². The van der Waals surface area contributed by atoms with Crippen LogP contribution >= 0.6 is 0 Å². The number of nitrogens with zero attached hydrogens (tertiary/aromatic N) is 1. The van der Waals surface area contributed by atoms with Gasteiger partial charge in [-0.25, -0.2) is 13.1 Å². The number of nitrogens with one attached hydrogen (secondary N) is 1. The van der Waals surface area contributed by atoms with E-state index < -0.39 is 10.0 Å². The summed E-state index contributed by atoms with van der Waals surface area (Å²) in [5, 5.41) is 0. The van der Waals surface area contributed by atoms with Crippen LogP contribution in [0.3, 0.4) is 0 Å². The molecular formula is C20H32N2O4S. The van der Waals surface area contributed by atoms with Crippen LogP contribution in [0.5, 0.6) is 5.75 Å². The van der Waals surface area contributed by atoms with E-state index in [9.17, 15) is 13.2 Å². The monoisotopic (exact) mass is 396 g/mol. The number of benzene rings is 1. The molecule has 1 aromatic carbocycles. The molecule has 152 valence electrons. The molecule has 1 heterocycles. The second-order valence-corrected chi connectivity index (χ2v) is 9.74. The molecule has 1 amide bonds. The maximum absolute atomic E-state index is 13.0. The lowest BCUT2D eigenvalue weighted by Gasteiger charge is -2.33. The van der Waals surface area contributed by atoms with E-state index in [1.54, 1.807) is 7.11 Å². The number of likely N-dealkylation sites (tertiary alicyclic amines) is 1. The molecule has 0 bridgehead atoms. The Bertz CT molecular complexity index is 746. The van der Waals surface area contributed by atoms with Gasteiger partial charge < -0.3 is 9.64 Å². The smallest absolute Gasteiger partial charge is 0.257 e. The molecule has 7 heteroatoms. The average Bonchev–Trinajstić information content (AvgIpc) is 2.64. The van der Waals surface area contributed by atoms with Crippen molar-refractivity contribution in [3.05, 3.63) is 29.3 Å². The maximum atomic E-state index is 13.0. The third-order valence-electron chi connectivity index (χ3n) is 4.95. The highest BCUT2D eigenvalue weighted by atomic mass is 32.2. The van der Waals surface area contributed by atoms with Crippen LogP contribution in [0.15, 0.2) is 18.2 Å². The van der Waals surface area contributed by atoms with E-state index in [-0.39, 0.29) is 17.6 Å². The van der Waals surface area contributed by atoms with Crippen LogP contribution in [0.1, 0.15) is 49.0 Å². The van der Waals surface area contributed by atoms with Crippen LogP contribution in [0.2, 0.25) is 0 Å². The van der Waals surface area contributed by atoms with Crippen molar-refractivity contribution in [2.24, 2.45) is 11.8 Å². The predicted molar refractivity (Wildman–Crippen MR) is 108 cm³/mol. The molecule has 0 radical (unpaired) electrons. The number of hydrogen-bond donors (Lipinski definition) is 1. The molecule has 1 atom stereocenters. The molecule has 1 saturated heterocycles. The van der Waals surface area contributed by atoms with Crippen LogP contribution in [-0.2, 0) is 10.0 Å². The standard InChI is InChI=1S/C20H32N2O4S/c1-15(2)9-11-27(24,25)21-13-17-6-5-10-22(14-17)20(23)18-12-16(3)7-8-19(18)26-4/h7-8,12,15,17,21H,5-6,9-11,13-14H2,1-4H3/t17-/m1/s1. The van der Waals surface area contributed by atoms with Gasteiger partial charge in [-0.2, -0.15) is 0 Å². The number of piperidine rings is 1. The number of methoxy groups -OCH3 is 1. The van der Waals surface area contributed by atoms with Gasteiger partial charge in [0, 0.05) is 19.6 Å². The molecule has 0 saturated carbocycles. The summed E-state index contributed by atoms with van der Waals surface area (Å²) in [7, 11) is -1.69. The third kappa shape index (κ3) is 6.50. The maximum Gasteiger partial charge on any atom is 0.257 e. The van der Waals surface area contributed by atoms with Gasteiger partial charge in [0.25, 0.3) is 5.91 Å².